The molecule has 0 saturated heterocycles. The van der Waals surface area contributed by atoms with Crippen LogP contribution in [0.2, 0.25) is 0 Å². The van der Waals surface area contributed by atoms with Crippen molar-refractivity contribution in [3.8, 4) is 11.5 Å². The summed E-state index contributed by atoms with van der Waals surface area (Å²) < 4.78 is 58.9. The van der Waals surface area contributed by atoms with Gasteiger partial charge in [-0.2, -0.15) is 21.6 Å². The Bertz CT molecular complexity index is 990. The molecule has 0 aromatic heterocycles. The van der Waals surface area contributed by atoms with Crippen LogP contribution < -0.4 is 8.37 Å². The second-order valence-electron chi connectivity index (χ2n) is 4.73. The van der Waals surface area contributed by atoms with Crippen LogP contribution in [0.4, 0.5) is 0 Å². The standard InChI is InChI=1S/C13H14N2O9S2/c1-4-22-13(17)11(15-14)12(16)8-5-6-9(23-25(2,18)19)10(7-8)24-26(3,20)21/h5-7H,4H2,1-3H3. The second kappa shape index (κ2) is 8.08. The molecule has 1 aromatic rings. The number of carbonyl (C=O) groups excluding carboxylic acids is 2. The highest BCUT2D eigenvalue weighted by Crippen LogP contribution is 2.30. The topological polar surface area (TPSA) is 167 Å². The summed E-state index contributed by atoms with van der Waals surface area (Å²) in [5.74, 6) is -3.45. The quantitative estimate of drug-likeness (QED) is 0.108. The van der Waals surface area contributed by atoms with Gasteiger partial charge in [-0.1, -0.05) is 0 Å². The largest absolute Gasteiger partial charge is 0.457 e. The van der Waals surface area contributed by atoms with Gasteiger partial charge in [0, 0.05) is 5.56 Å². The van der Waals surface area contributed by atoms with Gasteiger partial charge in [-0.05, 0) is 25.1 Å². The molecule has 0 saturated carbocycles. The third-order valence-corrected chi connectivity index (χ3v) is 3.44. The molecular weight excluding hydrogens is 392 g/mol. The Kier molecular flexibility index (Phi) is 6.61. The first-order valence-electron chi connectivity index (χ1n) is 6.74. The van der Waals surface area contributed by atoms with Crippen LogP contribution in [0.15, 0.2) is 18.2 Å². The first kappa shape index (κ1) is 21.3. The maximum Gasteiger partial charge on any atom is 0.446 e. The molecule has 0 aliphatic heterocycles. The Morgan fingerprint density at radius 1 is 1.04 bits per heavy atom. The van der Waals surface area contributed by atoms with Crippen LogP contribution in [0.3, 0.4) is 0 Å². The molecule has 11 nitrogen and oxygen atoms in total. The zero-order valence-corrected chi connectivity index (χ0v) is 15.5. The number of hydrogen-bond acceptors (Lipinski definition) is 9. The van der Waals surface area contributed by atoms with Crippen LogP contribution in [0.25, 0.3) is 5.53 Å². The fourth-order valence-electron chi connectivity index (χ4n) is 1.62. The third kappa shape index (κ3) is 6.27. The number of ketones is 1. The van der Waals surface area contributed by atoms with Crippen molar-refractivity contribution in [2.24, 2.45) is 0 Å². The third-order valence-electron chi connectivity index (χ3n) is 2.47. The Balaban J connectivity index is 3.42. The van der Waals surface area contributed by atoms with Gasteiger partial charge in [0.25, 0.3) is 5.78 Å². The van der Waals surface area contributed by atoms with E-state index in [1.807, 2.05) is 0 Å². The molecule has 1 rings (SSSR count). The molecule has 0 spiro atoms. The lowest BCUT2D eigenvalue weighted by atomic mass is 10.1. The highest BCUT2D eigenvalue weighted by atomic mass is 32.2. The van der Waals surface area contributed by atoms with E-state index >= 15 is 0 Å². The normalized spacial score (nSPS) is 11.2. The van der Waals surface area contributed by atoms with Gasteiger partial charge in [0.1, 0.15) is 0 Å². The molecule has 0 aliphatic rings. The molecule has 0 fully saturated rings. The Labute approximate surface area is 149 Å². The number of carbonyl (C=O) groups is 2. The van der Waals surface area contributed by atoms with Crippen molar-refractivity contribution in [3.63, 3.8) is 0 Å². The average Bonchev–Trinajstić information content (AvgIpc) is 2.47. The molecule has 1 aromatic carbocycles. The molecule has 26 heavy (non-hydrogen) atoms. The van der Waals surface area contributed by atoms with E-state index < -0.39 is 49.2 Å². The summed E-state index contributed by atoms with van der Waals surface area (Å²) in [6.45, 7) is 1.38. The van der Waals surface area contributed by atoms with Crippen molar-refractivity contribution in [2.45, 2.75) is 6.92 Å². The van der Waals surface area contributed by atoms with Crippen molar-refractivity contribution < 1.29 is 44.3 Å². The smallest absolute Gasteiger partial charge is 0.446 e. The fraction of sp³-hybridized carbons (Fsp3) is 0.308. The van der Waals surface area contributed by atoms with Gasteiger partial charge in [-0.15, -0.1) is 0 Å². The SMILES string of the molecule is CCOC(=O)C(=[N+]=[N-])C(=O)c1ccc(OS(C)(=O)=O)c(OS(C)(=O)=O)c1. The van der Waals surface area contributed by atoms with Crippen molar-refractivity contribution >= 4 is 37.7 Å². The predicted octanol–water partition coefficient (Wildman–Crippen LogP) is -0.220. The summed E-state index contributed by atoms with van der Waals surface area (Å²) in [6.07, 6.45) is 1.40. The lowest BCUT2D eigenvalue weighted by molar-refractivity contribution is -0.139. The minimum absolute atomic E-state index is 0.0886. The number of rotatable bonds is 8. The molecule has 0 radical (unpaired) electrons. The molecule has 0 heterocycles. The monoisotopic (exact) mass is 406 g/mol. The zero-order valence-electron chi connectivity index (χ0n) is 13.8. The molecule has 142 valence electrons. The summed E-state index contributed by atoms with van der Waals surface area (Å²) in [4.78, 5) is 26.4. The van der Waals surface area contributed by atoms with Crippen LogP contribution >= 0.6 is 0 Å². The fourth-order valence-corrected chi connectivity index (χ4v) is 2.54. The van der Waals surface area contributed by atoms with E-state index in [0.717, 1.165) is 18.2 Å². The Hall–Kier alpha value is -2.76. The van der Waals surface area contributed by atoms with E-state index in [9.17, 15) is 26.4 Å². The molecule has 0 unspecified atom stereocenters. The molecule has 0 N–H and O–H groups in total. The molecule has 0 atom stereocenters. The predicted molar refractivity (Wildman–Crippen MR) is 87.0 cm³/mol. The van der Waals surface area contributed by atoms with E-state index in [0.29, 0.717) is 12.5 Å². The van der Waals surface area contributed by atoms with Gasteiger partial charge >= 0.3 is 31.9 Å². The van der Waals surface area contributed by atoms with Crippen molar-refractivity contribution in [1.29, 1.82) is 0 Å². The number of ether oxygens (including phenoxy) is 1. The highest BCUT2D eigenvalue weighted by molar-refractivity contribution is 7.86. The maximum atomic E-state index is 12.3. The van der Waals surface area contributed by atoms with E-state index in [1.165, 1.54) is 6.92 Å². The summed E-state index contributed by atoms with van der Waals surface area (Å²) in [7, 11) is -8.13. The molecule has 0 bridgehead atoms. The van der Waals surface area contributed by atoms with Crippen molar-refractivity contribution in [1.82, 2.24) is 0 Å². The van der Waals surface area contributed by atoms with Crippen LogP contribution in [0.5, 0.6) is 11.5 Å². The highest BCUT2D eigenvalue weighted by Gasteiger charge is 2.33. The van der Waals surface area contributed by atoms with Crippen LogP contribution in [-0.2, 0) is 29.8 Å². The van der Waals surface area contributed by atoms with Crippen molar-refractivity contribution in [2.75, 3.05) is 19.1 Å². The van der Waals surface area contributed by atoms with Gasteiger partial charge in [0.15, 0.2) is 11.5 Å². The Morgan fingerprint density at radius 2 is 1.58 bits per heavy atom. The molecule has 0 aliphatic carbocycles. The van der Waals surface area contributed by atoms with Gasteiger partial charge in [-0.25, -0.2) is 4.79 Å². The first-order valence-corrected chi connectivity index (χ1v) is 10.4. The molecular formula is C13H14N2O9S2. The van der Waals surface area contributed by atoms with Crippen LogP contribution in [0, 0.1) is 0 Å². The molecule has 0 amide bonds. The number of esters is 1. The number of nitrogens with zero attached hydrogens (tertiary/aromatic N) is 2. The van der Waals surface area contributed by atoms with E-state index in [-0.39, 0.29) is 12.2 Å². The Morgan fingerprint density at radius 3 is 2.04 bits per heavy atom. The summed E-state index contributed by atoms with van der Waals surface area (Å²) in [6, 6.07) is 2.77. The van der Waals surface area contributed by atoms with Crippen LogP contribution in [-0.4, -0.2) is 58.2 Å². The van der Waals surface area contributed by atoms with Gasteiger partial charge < -0.3 is 18.6 Å². The molecule has 13 heteroatoms. The summed E-state index contributed by atoms with van der Waals surface area (Å²) in [5, 5.41) is 0. The zero-order chi connectivity index (χ0) is 20.1. The lowest BCUT2D eigenvalue weighted by Crippen LogP contribution is -2.27. The minimum atomic E-state index is -4.11. The maximum absolute atomic E-state index is 12.3. The minimum Gasteiger partial charge on any atom is -0.457 e. The summed E-state index contributed by atoms with van der Waals surface area (Å²) >= 11 is 0. The first-order chi connectivity index (χ1) is 11.9. The van der Waals surface area contributed by atoms with E-state index in [1.54, 1.807) is 0 Å². The number of hydrogen-bond donors (Lipinski definition) is 0. The van der Waals surface area contributed by atoms with E-state index in [2.05, 4.69) is 17.9 Å². The number of Topliss-reactive ketones (excluding diaryl/α,β-unsaturated/α-hetero) is 1. The lowest BCUT2D eigenvalue weighted by Gasteiger charge is -2.10. The van der Waals surface area contributed by atoms with Gasteiger partial charge in [0.05, 0.1) is 19.1 Å². The summed E-state index contributed by atoms with van der Waals surface area (Å²) in [5.41, 5.74) is 7.55. The van der Waals surface area contributed by atoms with E-state index in [4.69, 9.17) is 5.53 Å². The van der Waals surface area contributed by atoms with Gasteiger partial charge in [-0.3, -0.25) is 4.79 Å². The second-order valence-corrected chi connectivity index (χ2v) is 7.88. The average molecular weight is 406 g/mol. The van der Waals surface area contributed by atoms with Crippen LogP contribution in [0.1, 0.15) is 17.3 Å². The van der Waals surface area contributed by atoms with Crippen molar-refractivity contribution in [3.05, 3.63) is 29.3 Å². The van der Waals surface area contributed by atoms with Gasteiger partial charge in [0.2, 0.25) is 0 Å². The number of benzene rings is 1.